The van der Waals surface area contributed by atoms with E-state index in [-0.39, 0.29) is 0 Å². The van der Waals surface area contributed by atoms with Crippen LogP contribution in [0.25, 0.3) is 0 Å². The van der Waals surface area contributed by atoms with Crippen molar-refractivity contribution in [2.75, 3.05) is 6.61 Å². The van der Waals surface area contributed by atoms with Crippen molar-refractivity contribution in [2.45, 2.75) is 116 Å². The van der Waals surface area contributed by atoms with Crippen molar-refractivity contribution in [3.63, 3.8) is 0 Å². The third-order valence-corrected chi connectivity index (χ3v) is 5.24. The van der Waals surface area contributed by atoms with E-state index in [1.165, 1.54) is 96.3 Å². The zero-order chi connectivity index (χ0) is 19.4. The van der Waals surface area contributed by atoms with Crippen LogP contribution >= 0.6 is 0 Å². The summed E-state index contributed by atoms with van der Waals surface area (Å²) in [6.07, 6.45) is 24.4. The summed E-state index contributed by atoms with van der Waals surface area (Å²) < 4.78 is 5.46. The lowest BCUT2D eigenvalue weighted by molar-refractivity contribution is -0.104. The number of hydrogen-bond donors (Lipinski definition) is 1. The minimum absolute atomic E-state index is 0.620. The van der Waals surface area contributed by atoms with E-state index >= 15 is 0 Å². The number of unbranched alkanes of at least 4 members (excludes halogenated alkanes) is 15. The summed E-state index contributed by atoms with van der Waals surface area (Å²) in [7, 11) is 0. The summed E-state index contributed by atoms with van der Waals surface area (Å²) in [5, 5.41) is 9.88. The molecule has 0 spiro atoms. The molecule has 0 saturated heterocycles. The maximum atomic E-state index is 9.88. The highest BCUT2D eigenvalue weighted by molar-refractivity contribution is 5.09. The monoisotopic (exact) mass is 377 g/mol. The lowest BCUT2D eigenvalue weighted by Gasteiger charge is -2.11. The van der Waals surface area contributed by atoms with Crippen LogP contribution in [0.3, 0.4) is 0 Å². The van der Waals surface area contributed by atoms with Crippen LogP contribution in [0.15, 0.2) is 24.5 Å². The van der Waals surface area contributed by atoms with Gasteiger partial charge in [0.2, 0.25) is 0 Å². The van der Waals surface area contributed by atoms with E-state index in [2.05, 4.69) is 11.9 Å². The Labute approximate surface area is 167 Å². The van der Waals surface area contributed by atoms with Gasteiger partial charge in [0, 0.05) is 18.0 Å². The van der Waals surface area contributed by atoms with Crippen LogP contribution < -0.4 is 0 Å². The molecule has 3 heteroatoms. The standard InChI is InChI=1S/C24H43NO2/c1-2-3-4-5-6-7-8-9-10-11-12-13-14-15-16-17-21-27-24(26)23-19-18-20-25-22-23/h18-20,22,24,26H,2-17,21H2,1H3. The molecular weight excluding hydrogens is 334 g/mol. The van der Waals surface area contributed by atoms with Gasteiger partial charge >= 0.3 is 0 Å². The fourth-order valence-electron chi connectivity index (χ4n) is 3.46. The molecule has 0 radical (unpaired) electrons. The van der Waals surface area contributed by atoms with Crippen LogP contribution in [0.5, 0.6) is 0 Å². The van der Waals surface area contributed by atoms with Crippen LogP contribution in [-0.4, -0.2) is 16.7 Å². The van der Waals surface area contributed by atoms with Crippen LogP contribution in [0, 0.1) is 0 Å². The maximum absolute atomic E-state index is 9.88. The summed E-state index contributed by atoms with van der Waals surface area (Å²) in [5.41, 5.74) is 0.731. The second kappa shape index (κ2) is 18.4. The van der Waals surface area contributed by atoms with Crippen molar-refractivity contribution in [1.82, 2.24) is 4.98 Å². The fourth-order valence-corrected chi connectivity index (χ4v) is 3.46. The van der Waals surface area contributed by atoms with Gasteiger partial charge in [-0.25, -0.2) is 0 Å². The molecule has 156 valence electrons. The molecule has 1 unspecified atom stereocenters. The third-order valence-electron chi connectivity index (χ3n) is 5.24. The van der Waals surface area contributed by atoms with E-state index in [0.29, 0.717) is 6.61 Å². The molecule has 0 saturated carbocycles. The summed E-state index contributed by atoms with van der Waals surface area (Å²) in [5.74, 6) is 0. The minimum atomic E-state index is -0.838. The van der Waals surface area contributed by atoms with Gasteiger partial charge in [-0.1, -0.05) is 109 Å². The average Bonchev–Trinajstić information content (AvgIpc) is 2.70. The van der Waals surface area contributed by atoms with Gasteiger partial charge in [0.1, 0.15) is 0 Å². The van der Waals surface area contributed by atoms with Gasteiger partial charge in [0.15, 0.2) is 6.29 Å². The molecular formula is C24H43NO2. The zero-order valence-electron chi connectivity index (χ0n) is 17.7. The van der Waals surface area contributed by atoms with Gasteiger partial charge in [-0.3, -0.25) is 4.98 Å². The fraction of sp³-hybridized carbons (Fsp3) is 0.792. The van der Waals surface area contributed by atoms with Crippen LogP contribution in [0.1, 0.15) is 122 Å². The highest BCUT2D eigenvalue weighted by Crippen LogP contribution is 2.15. The number of ether oxygens (including phenoxy) is 1. The van der Waals surface area contributed by atoms with E-state index in [0.717, 1.165) is 12.0 Å². The summed E-state index contributed by atoms with van der Waals surface area (Å²) >= 11 is 0. The smallest absolute Gasteiger partial charge is 0.182 e. The van der Waals surface area contributed by atoms with Crippen molar-refractivity contribution in [3.8, 4) is 0 Å². The first-order chi connectivity index (χ1) is 13.3. The Morgan fingerprint density at radius 2 is 1.26 bits per heavy atom. The molecule has 1 N–H and O–H groups in total. The summed E-state index contributed by atoms with van der Waals surface area (Å²) in [4.78, 5) is 3.99. The first-order valence-electron chi connectivity index (χ1n) is 11.5. The van der Waals surface area contributed by atoms with Crippen molar-refractivity contribution in [1.29, 1.82) is 0 Å². The van der Waals surface area contributed by atoms with Gasteiger partial charge in [-0.2, -0.15) is 0 Å². The molecule has 0 aliphatic carbocycles. The molecule has 0 aliphatic heterocycles. The molecule has 1 heterocycles. The first-order valence-corrected chi connectivity index (χ1v) is 11.5. The molecule has 0 aliphatic rings. The third kappa shape index (κ3) is 14.8. The van der Waals surface area contributed by atoms with Gasteiger partial charge in [0.25, 0.3) is 0 Å². The average molecular weight is 378 g/mol. The van der Waals surface area contributed by atoms with Gasteiger partial charge in [-0.15, -0.1) is 0 Å². The lowest BCUT2D eigenvalue weighted by Crippen LogP contribution is -2.04. The largest absolute Gasteiger partial charge is 0.364 e. The quantitative estimate of drug-likeness (QED) is 0.202. The molecule has 0 amide bonds. The topological polar surface area (TPSA) is 42.4 Å². The second-order valence-corrected chi connectivity index (χ2v) is 7.81. The number of aliphatic hydroxyl groups is 1. The maximum Gasteiger partial charge on any atom is 0.182 e. The predicted molar refractivity (Wildman–Crippen MR) is 115 cm³/mol. The van der Waals surface area contributed by atoms with Gasteiger partial charge in [-0.05, 0) is 12.5 Å². The summed E-state index contributed by atoms with van der Waals surface area (Å²) in [6, 6.07) is 3.65. The molecule has 0 aromatic carbocycles. The number of pyridine rings is 1. The number of rotatable bonds is 19. The Hall–Kier alpha value is -0.930. The van der Waals surface area contributed by atoms with Crippen molar-refractivity contribution < 1.29 is 9.84 Å². The van der Waals surface area contributed by atoms with Crippen LogP contribution in [0.2, 0.25) is 0 Å². The van der Waals surface area contributed by atoms with E-state index in [1.54, 1.807) is 12.4 Å². The normalized spacial score (nSPS) is 12.4. The predicted octanol–water partition coefficient (Wildman–Crippen LogP) is 7.35. The number of nitrogens with zero attached hydrogens (tertiary/aromatic N) is 1. The highest BCUT2D eigenvalue weighted by atomic mass is 16.6. The van der Waals surface area contributed by atoms with Gasteiger partial charge in [0.05, 0.1) is 6.61 Å². The molecule has 1 aromatic heterocycles. The highest BCUT2D eigenvalue weighted by Gasteiger charge is 2.06. The molecule has 1 atom stereocenters. The molecule has 3 nitrogen and oxygen atoms in total. The van der Waals surface area contributed by atoms with E-state index in [4.69, 9.17) is 4.74 Å². The van der Waals surface area contributed by atoms with E-state index in [9.17, 15) is 5.11 Å². The number of hydrogen-bond acceptors (Lipinski definition) is 3. The number of aliphatic hydroxyl groups excluding tert-OH is 1. The molecule has 1 rings (SSSR count). The van der Waals surface area contributed by atoms with Crippen molar-refractivity contribution >= 4 is 0 Å². The second-order valence-electron chi connectivity index (χ2n) is 7.81. The summed E-state index contributed by atoms with van der Waals surface area (Å²) in [6.45, 7) is 2.90. The Kier molecular flexibility index (Phi) is 16.5. The molecule has 0 fully saturated rings. The Morgan fingerprint density at radius 1 is 0.778 bits per heavy atom. The molecule has 0 bridgehead atoms. The Bertz CT molecular complexity index is 410. The number of aromatic nitrogens is 1. The van der Waals surface area contributed by atoms with Crippen LogP contribution in [-0.2, 0) is 4.74 Å². The lowest BCUT2D eigenvalue weighted by atomic mass is 10.0. The molecule has 1 aromatic rings. The van der Waals surface area contributed by atoms with E-state index in [1.807, 2.05) is 12.1 Å². The van der Waals surface area contributed by atoms with Crippen molar-refractivity contribution in [3.05, 3.63) is 30.1 Å². The first kappa shape index (κ1) is 24.1. The SMILES string of the molecule is CCCCCCCCCCCCCCCCCCOC(O)c1cccnc1. The molecule has 27 heavy (non-hydrogen) atoms. The van der Waals surface area contributed by atoms with Crippen LogP contribution in [0.4, 0.5) is 0 Å². The van der Waals surface area contributed by atoms with Crippen molar-refractivity contribution in [2.24, 2.45) is 0 Å². The zero-order valence-corrected chi connectivity index (χ0v) is 17.7. The van der Waals surface area contributed by atoms with E-state index < -0.39 is 6.29 Å². The minimum Gasteiger partial charge on any atom is -0.364 e. The Balaban J connectivity index is 1.74. The van der Waals surface area contributed by atoms with Gasteiger partial charge < -0.3 is 9.84 Å². The Morgan fingerprint density at radius 3 is 1.70 bits per heavy atom.